The average molecular weight is 460 g/mol. The molecule has 2 atom stereocenters. The topological polar surface area (TPSA) is 133 Å². The van der Waals surface area contributed by atoms with Gasteiger partial charge in [-0.15, -0.1) is 0 Å². The number of carbonyl (C=O) groups excluding carboxylic acids is 1. The summed E-state index contributed by atoms with van der Waals surface area (Å²) in [4.78, 5) is 44.7. The number of halogens is 1. The summed E-state index contributed by atoms with van der Waals surface area (Å²) in [5, 5.41) is 16.1. The minimum atomic E-state index is -0.845. The van der Waals surface area contributed by atoms with Crippen LogP contribution in [0.25, 0.3) is 0 Å². The molecule has 176 valence electrons. The number of anilines is 1. The number of hydrogen-bond donors (Lipinski definition) is 2. The number of likely N-dealkylation sites (tertiary alicyclic amines) is 1. The van der Waals surface area contributed by atoms with Gasteiger partial charge in [-0.25, -0.2) is 14.4 Å². The Morgan fingerprint density at radius 2 is 1.85 bits per heavy atom. The quantitative estimate of drug-likeness (QED) is 0.590. The van der Waals surface area contributed by atoms with Crippen molar-refractivity contribution in [1.29, 1.82) is 0 Å². The van der Waals surface area contributed by atoms with E-state index in [0.717, 1.165) is 0 Å². The zero-order valence-electron chi connectivity index (χ0n) is 17.8. The number of aromatic nitrogens is 2. The highest BCUT2D eigenvalue weighted by Crippen LogP contribution is 2.46. The van der Waals surface area contributed by atoms with E-state index >= 15 is 0 Å². The van der Waals surface area contributed by atoms with Crippen LogP contribution in [0.1, 0.15) is 12.8 Å². The molecule has 2 aliphatic heterocycles. The number of fused-ring (bicyclic) bond motifs is 1. The summed E-state index contributed by atoms with van der Waals surface area (Å²) in [5.41, 5.74) is -0.316. The predicted molar refractivity (Wildman–Crippen MR) is 114 cm³/mol. The standard InChI is InChI=1S/C21H23FN4O4.CH2O2/c22-16-2-4-17(5-3-16)30-12-18(27)25-10-15-11-26(20-23-8-1-9-24-20)14-21(15,13-25)7-6-19(28)29;2-1-3/h1-5,8-9,15H,6-7,10-14H2,(H,28,29);1H,(H,2,3)/t15-,21+;/m1./s1. The SMILES string of the molecule is O=C(O)CC[C@@]12CN(C(=O)COc3ccc(F)cc3)C[C@@H]1CN(c1ncccn1)C2.O=CO. The van der Waals surface area contributed by atoms with Crippen LogP contribution in [-0.4, -0.2) is 76.2 Å². The number of rotatable bonds is 7. The van der Waals surface area contributed by atoms with Crippen LogP contribution in [0.3, 0.4) is 0 Å². The van der Waals surface area contributed by atoms with Gasteiger partial charge in [0, 0.05) is 56.3 Å². The van der Waals surface area contributed by atoms with E-state index in [4.69, 9.17) is 14.6 Å². The first kappa shape index (κ1) is 23.9. The Kier molecular flexibility index (Phi) is 7.75. The first-order valence-electron chi connectivity index (χ1n) is 10.3. The van der Waals surface area contributed by atoms with Gasteiger partial charge in [-0.1, -0.05) is 0 Å². The molecule has 0 unspecified atom stereocenters. The van der Waals surface area contributed by atoms with Gasteiger partial charge in [0.2, 0.25) is 5.95 Å². The van der Waals surface area contributed by atoms with E-state index in [2.05, 4.69) is 14.9 Å². The monoisotopic (exact) mass is 460 g/mol. The van der Waals surface area contributed by atoms with E-state index in [1.165, 1.54) is 24.3 Å². The summed E-state index contributed by atoms with van der Waals surface area (Å²) in [6.45, 7) is 1.90. The Morgan fingerprint density at radius 1 is 1.18 bits per heavy atom. The number of ether oxygens (including phenoxy) is 1. The molecule has 33 heavy (non-hydrogen) atoms. The van der Waals surface area contributed by atoms with E-state index in [1.807, 2.05) is 0 Å². The Morgan fingerprint density at radius 3 is 2.48 bits per heavy atom. The molecule has 1 aromatic heterocycles. The Balaban J connectivity index is 0.000000968. The van der Waals surface area contributed by atoms with Crippen LogP contribution < -0.4 is 9.64 Å². The fraction of sp³-hybridized carbons (Fsp3) is 0.409. The second kappa shape index (κ2) is 10.7. The molecular weight excluding hydrogens is 435 g/mol. The maximum Gasteiger partial charge on any atom is 0.303 e. The molecular formula is C22H25FN4O6. The summed E-state index contributed by atoms with van der Waals surface area (Å²) in [6, 6.07) is 7.27. The Hall–Kier alpha value is -3.76. The Labute approximate surface area is 189 Å². The van der Waals surface area contributed by atoms with Crippen LogP contribution in [0, 0.1) is 17.2 Å². The predicted octanol–water partition coefficient (Wildman–Crippen LogP) is 1.53. The number of aliphatic carboxylic acids is 1. The summed E-state index contributed by atoms with van der Waals surface area (Å²) < 4.78 is 18.5. The van der Waals surface area contributed by atoms with Crippen LogP contribution >= 0.6 is 0 Å². The highest BCUT2D eigenvalue weighted by molar-refractivity contribution is 5.78. The van der Waals surface area contributed by atoms with Crippen LogP contribution in [0.2, 0.25) is 0 Å². The molecule has 10 nitrogen and oxygen atoms in total. The smallest absolute Gasteiger partial charge is 0.303 e. The third kappa shape index (κ3) is 5.93. The minimum Gasteiger partial charge on any atom is -0.484 e. The summed E-state index contributed by atoms with van der Waals surface area (Å²) >= 11 is 0. The number of carboxylic acids is 1. The minimum absolute atomic E-state index is 0.0497. The fourth-order valence-electron chi connectivity index (χ4n) is 4.46. The lowest BCUT2D eigenvalue weighted by Gasteiger charge is -2.29. The van der Waals surface area contributed by atoms with Gasteiger partial charge in [0.05, 0.1) is 0 Å². The Bertz CT molecular complexity index is 961. The van der Waals surface area contributed by atoms with Crippen molar-refractivity contribution in [3.05, 3.63) is 48.5 Å². The van der Waals surface area contributed by atoms with E-state index in [0.29, 0.717) is 44.3 Å². The lowest BCUT2D eigenvalue weighted by atomic mass is 9.77. The van der Waals surface area contributed by atoms with Crippen molar-refractivity contribution in [3.8, 4) is 5.75 Å². The van der Waals surface area contributed by atoms with E-state index in [1.54, 1.807) is 23.4 Å². The van der Waals surface area contributed by atoms with Crippen molar-refractivity contribution < 1.29 is 33.7 Å². The molecule has 2 N–H and O–H groups in total. The second-order valence-corrected chi connectivity index (χ2v) is 8.00. The van der Waals surface area contributed by atoms with Crippen molar-refractivity contribution in [3.63, 3.8) is 0 Å². The fourth-order valence-corrected chi connectivity index (χ4v) is 4.46. The van der Waals surface area contributed by atoms with E-state index < -0.39 is 5.97 Å². The number of hydrogen-bond acceptors (Lipinski definition) is 7. The van der Waals surface area contributed by atoms with Crippen LogP contribution in [-0.2, 0) is 14.4 Å². The van der Waals surface area contributed by atoms with Gasteiger partial charge in [0.15, 0.2) is 6.61 Å². The van der Waals surface area contributed by atoms with Crippen molar-refractivity contribution >= 4 is 24.3 Å². The molecule has 0 bridgehead atoms. The molecule has 0 aliphatic carbocycles. The number of benzene rings is 1. The third-order valence-electron chi connectivity index (χ3n) is 5.96. The van der Waals surface area contributed by atoms with Crippen molar-refractivity contribution in [2.24, 2.45) is 11.3 Å². The molecule has 4 rings (SSSR count). The van der Waals surface area contributed by atoms with E-state index in [-0.39, 0.29) is 42.6 Å². The van der Waals surface area contributed by atoms with Crippen molar-refractivity contribution in [1.82, 2.24) is 14.9 Å². The van der Waals surface area contributed by atoms with Crippen LogP contribution in [0.4, 0.5) is 10.3 Å². The number of nitrogens with zero attached hydrogens (tertiary/aromatic N) is 4. The van der Waals surface area contributed by atoms with Crippen molar-refractivity contribution in [2.75, 3.05) is 37.7 Å². The molecule has 0 saturated carbocycles. The van der Waals surface area contributed by atoms with Gasteiger partial charge in [0.1, 0.15) is 11.6 Å². The van der Waals surface area contributed by atoms with Crippen molar-refractivity contribution in [2.45, 2.75) is 12.8 Å². The number of amides is 1. The number of carbonyl (C=O) groups is 3. The maximum absolute atomic E-state index is 13.0. The molecule has 3 heterocycles. The third-order valence-corrected chi connectivity index (χ3v) is 5.96. The highest BCUT2D eigenvalue weighted by Gasteiger charge is 2.53. The summed E-state index contributed by atoms with van der Waals surface area (Å²) in [7, 11) is 0. The molecule has 0 radical (unpaired) electrons. The van der Waals surface area contributed by atoms with E-state index in [9.17, 15) is 19.1 Å². The largest absolute Gasteiger partial charge is 0.484 e. The first-order chi connectivity index (χ1) is 15.9. The first-order valence-corrected chi connectivity index (χ1v) is 10.3. The summed E-state index contributed by atoms with van der Waals surface area (Å²) in [6.07, 6.45) is 3.90. The van der Waals surface area contributed by atoms with Gasteiger partial charge in [0.25, 0.3) is 12.4 Å². The van der Waals surface area contributed by atoms with Gasteiger partial charge >= 0.3 is 5.97 Å². The normalized spacial score (nSPS) is 21.1. The van der Waals surface area contributed by atoms with Crippen LogP contribution in [0.15, 0.2) is 42.7 Å². The molecule has 11 heteroatoms. The lowest BCUT2D eigenvalue weighted by molar-refractivity contribution is -0.137. The molecule has 1 amide bonds. The molecule has 2 aromatic rings. The zero-order valence-corrected chi connectivity index (χ0v) is 17.8. The molecule has 0 spiro atoms. The van der Waals surface area contributed by atoms with Gasteiger partial charge in [-0.2, -0.15) is 0 Å². The van der Waals surface area contributed by atoms with Crippen LogP contribution in [0.5, 0.6) is 5.75 Å². The maximum atomic E-state index is 13.0. The molecule has 1 aromatic carbocycles. The molecule has 2 aliphatic rings. The average Bonchev–Trinajstić information content (AvgIpc) is 3.33. The zero-order chi connectivity index (χ0) is 23.8. The molecule has 2 saturated heterocycles. The molecule has 2 fully saturated rings. The van der Waals surface area contributed by atoms with Gasteiger partial charge < -0.3 is 24.7 Å². The lowest BCUT2D eigenvalue weighted by Crippen LogP contribution is -2.39. The highest BCUT2D eigenvalue weighted by atomic mass is 19.1. The number of carboxylic acid groups (broad SMARTS) is 2. The second-order valence-electron chi connectivity index (χ2n) is 8.00. The van der Waals surface area contributed by atoms with Gasteiger partial charge in [-0.05, 0) is 36.8 Å². The van der Waals surface area contributed by atoms with Gasteiger partial charge in [-0.3, -0.25) is 14.4 Å². The summed E-state index contributed by atoms with van der Waals surface area (Å²) in [5.74, 6) is -0.187.